The van der Waals surface area contributed by atoms with Crippen molar-refractivity contribution in [1.82, 2.24) is 4.90 Å². The molecule has 2 heterocycles. The van der Waals surface area contributed by atoms with Crippen molar-refractivity contribution in [3.63, 3.8) is 0 Å². The monoisotopic (exact) mass is 547 g/mol. The normalized spacial score (nSPS) is 16.4. The van der Waals surface area contributed by atoms with Crippen LogP contribution in [0.1, 0.15) is 68.9 Å². The second kappa shape index (κ2) is 13.7. The molecule has 0 saturated carbocycles. The Kier molecular flexibility index (Phi) is 9.89. The van der Waals surface area contributed by atoms with Gasteiger partial charge in [0.1, 0.15) is 17.3 Å². The summed E-state index contributed by atoms with van der Waals surface area (Å²) in [6, 6.07) is 14.8. The van der Waals surface area contributed by atoms with E-state index in [1.165, 1.54) is 11.2 Å². The van der Waals surface area contributed by atoms with Crippen LogP contribution in [0.3, 0.4) is 0 Å². The number of ketones is 1. The van der Waals surface area contributed by atoms with Gasteiger partial charge in [-0.15, -0.1) is 0 Å². The molecule has 0 aliphatic carbocycles. The molecule has 0 spiro atoms. The lowest BCUT2D eigenvalue weighted by Crippen LogP contribution is -2.29. The number of nitrogens with zero attached hydrogens (tertiary/aromatic N) is 1. The van der Waals surface area contributed by atoms with Gasteiger partial charge in [-0.25, -0.2) is 0 Å². The maximum Gasteiger partial charge on any atom is 0.296 e. The average molecular weight is 548 g/mol. The van der Waals surface area contributed by atoms with Crippen LogP contribution in [0.5, 0.6) is 17.2 Å². The van der Waals surface area contributed by atoms with Crippen LogP contribution in [0.4, 0.5) is 0 Å². The first-order chi connectivity index (χ1) is 19.5. The fourth-order valence-corrected chi connectivity index (χ4v) is 4.67. The van der Waals surface area contributed by atoms with E-state index >= 15 is 0 Å². The highest BCUT2D eigenvalue weighted by molar-refractivity contribution is 6.46. The Balaban J connectivity index is 1.72. The van der Waals surface area contributed by atoms with Crippen molar-refractivity contribution in [2.45, 2.75) is 58.5 Å². The third-order valence-electron chi connectivity index (χ3n) is 6.85. The molecule has 212 valence electrons. The molecule has 1 N–H and O–H groups in total. The molecule has 1 aliphatic rings. The number of rotatable bonds is 14. The molecule has 8 heteroatoms. The first-order valence-corrected chi connectivity index (χ1v) is 13.8. The standard InChI is InChI=1S/C32H37NO7/c1-4-6-8-18-40-26-16-13-23(20-27(26)37-3)29-28(31(35)32(36)33(29)21-25-10-9-19-39-25)30(34)22-11-14-24(15-12-22)38-17-7-5-2/h9-16,19-20,29,34H,4-8,17-18,21H2,1-3H3/t29-/m0/s1. The fourth-order valence-electron chi connectivity index (χ4n) is 4.67. The van der Waals surface area contributed by atoms with Crippen molar-refractivity contribution in [3.05, 3.63) is 83.3 Å². The van der Waals surface area contributed by atoms with Gasteiger partial charge in [-0.1, -0.05) is 39.2 Å². The summed E-state index contributed by atoms with van der Waals surface area (Å²) in [4.78, 5) is 28.1. The molecule has 40 heavy (non-hydrogen) atoms. The minimum Gasteiger partial charge on any atom is -0.507 e. The second-order valence-corrected chi connectivity index (χ2v) is 9.70. The number of unbranched alkanes of at least 4 members (excludes halogenated alkanes) is 3. The summed E-state index contributed by atoms with van der Waals surface area (Å²) in [7, 11) is 1.54. The van der Waals surface area contributed by atoms with Crippen molar-refractivity contribution in [3.8, 4) is 17.2 Å². The summed E-state index contributed by atoms with van der Waals surface area (Å²) in [5.41, 5.74) is 1.01. The van der Waals surface area contributed by atoms with Gasteiger partial charge in [-0.3, -0.25) is 9.59 Å². The Bertz CT molecular complexity index is 1310. The predicted octanol–water partition coefficient (Wildman–Crippen LogP) is 6.66. The lowest BCUT2D eigenvalue weighted by molar-refractivity contribution is -0.140. The highest BCUT2D eigenvalue weighted by Gasteiger charge is 2.46. The summed E-state index contributed by atoms with van der Waals surface area (Å²) < 4.78 is 22.7. The van der Waals surface area contributed by atoms with Gasteiger partial charge in [0.2, 0.25) is 0 Å². The number of methoxy groups -OCH3 is 1. The Hall–Kier alpha value is -4.20. The van der Waals surface area contributed by atoms with Gasteiger partial charge in [-0.05, 0) is 66.9 Å². The quantitative estimate of drug-likeness (QED) is 0.104. The van der Waals surface area contributed by atoms with Crippen LogP contribution in [0, 0.1) is 0 Å². The van der Waals surface area contributed by atoms with E-state index < -0.39 is 17.7 Å². The summed E-state index contributed by atoms with van der Waals surface area (Å²) in [5.74, 6) is 0.486. The smallest absolute Gasteiger partial charge is 0.296 e. The molecule has 1 aromatic heterocycles. The van der Waals surface area contributed by atoms with Crippen LogP contribution >= 0.6 is 0 Å². The molecule has 0 unspecified atom stereocenters. The van der Waals surface area contributed by atoms with Crippen molar-refractivity contribution < 1.29 is 33.3 Å². The van der Waals surface area contributed by atoms with Gasteiger partial charge < -0.3 is 28.6 Å². The van der Waals surface area contributed by atoms with Crippen molar-refractivity contribution in [1.29, 1.82) is 0 Å². The molecule has 4 rings (SSSR count). The van der Waals surface area contributed by atoms with E-state index in [-0.39, 0.29) is 17.9 Å². The molecule has 0 radical (unpaired) electrons. The number of ether oxygens (including phenoxy) is 3. The van der Waals surface area contributed by atoms with E-state index in [0.717, 1.165) is 32.1 Å². The predicted molar refractivity (Wildman–Crippen MR) is 151 cm³/mol. The first kappa shape index (κ1) is 28.8. The molecule has 1 saturated heterocycles. The van der Waals surface area contributed by atoms with Gasteiger partial charge in [0, 0.05) is 5.56 Å². The highest BCUT2D eigenvalue weighted by atomic mass is 16.5. The fraction of sp³-hybridized carbons (Fsp3) is 0.375. The van der Waals surface area contributed by atoms with Crippen LogP contribution in [0.25, 0.3) is 5.76 Å². The Morgan fingerprint density at radius 1 is 0.925 bits per heavy atom. The number of furan rings is 1. The number of carbonyl (C=O) groups excluding carboxylic acids is 2. The molecule has 8 nitrogen and oxygen atoms in total. The Morgan fingerprint density at radius 2 is 1.68 bits per heavy atom. The zero-order chi connectivity index (χ0) is 28.5. The lowest BCUT2D eigenvalue weighted by atomic mass is 9.95. The molecule has 2 aromatic carbocycles. The van der Waals surface area contributed by atoms with Crippen LogP contribution in [-0.2, 0) is 16.1 Å². The van der Waals surface area contributed by atoms with Crippen molar-refractivity contribution >= 4 is 17.4 Å². The van der Waals surface area contributed by atoms with E-state index in [1.54, 1.807) is 61.7 Å². The van der Waals surface area contributed by atoms with E-state index in [1.807, 2.05) is 0 Å². The van der Waals surface area contributed by atoms with Gasteiger partial charge in [0.25, 0.3) is 11.7 Å². The molecule has 1 amide bonds. The maximum absolute atomic E-state index is 13.4. The number of amides is 1. The second-order valence-electron chi connectivity index (χ2n) is 9.70. The molecule has 1 fully saturated rings. The zero-order valence-electron chi connectivity index (χ0n) is 23.4. The van der Waals surface area contributed by atoms with Crippen LogP contribution < -0.4 is 14.2 Å². The van der Waals surface area contributed by atoms with Gasteiger partial charge in [0.15, 0.2) is 11.5 Å². The van der Waals surface area contributed by atoms with Crippen molar-refractivity contribution in [2.75, 3.05) is 20.3 Å². The van der Waals surface area contributed by atoms with E-state index in [9.17, 15) is 14.7 Å². The number of likely N-dealkylation sites (tertiary alicyclic amines) is 1. The number of Topliss-reactive ketones (excluding diaryl/α,β-unsaturated/α-hetero) is 1. The third kappa shape index (κ3) is 6.50. The SMILES string of the molecule is CCCCCOc1ccc([C@H]2C(=C(O)c3ccc(OCCCC)cc3)C(=O)C(=O)N2Cc2ccco2)cc1OC. The number of carbonyl (C=O) groups is 2. The summed E-state index contributed by atoms with van der Waals surface area (Å²) >= 11 is 0. The minimum atomic E-state index is -0.867. The molecular formula is C32H37NO7. The lowest BCUT2D eigenvalue weighted by Gasteiger charge is -2.25. The molecule has 1 atom stereocenters. The maximum atomic E-state index is 13.4. The number of aliphatic hydroxyl groups is 1. The Labute approximate surface area is 235 Å². The number of benzene rings is 2. The topological polar surface area (TPSA) is 98.4 Å². The van der Waals surface area contributed by atoms with E-state index in [2.05, 4.69) is 13.8 Å². The number of aliphatic hydroxyl groups excluding tert-OH is 1. The van der Waals surface area contributed by atoms with Crippen LogP contribution in [-0.4, -0.2) is 42.0 Å². The van der Waals surface area contributed by atoms with Gasteiger partial charge in [-0.2, -0.15) is 0 Å². The van der Waals surface area contributed by atoms with Crippen molar-refractivity contribution in [2.24, 2.45) is 0 Å². The molecule has 0 bridgehead atoms. The molecular weight excluding hydrogens is 510 g/mol. The van der Waals surface area contributed by atoms with Gasteiger partial charge in [0.05, 0.1) is 44.7 Å². The zero-order valence-corrected chi connectivity index (χ0v) is 23.4. The molecule has 1 aliphatic heterocycles. The summed E-state index contributed by atoms with van der Waals surface area (Å²) in [6.45, 7) is 5.43. The van der Waals surface area contributed by atoms with Crippen LogP contribution in [0.15, 0.2) is 70.9 Å². The summed E-state index contributed by atoms with van der Waals surface area (Å²) in [6.07, 6.45) is 6.54. The van der Waals surface area contributed by atoms with E-state index in [4.69, 9.17) is 18.6 Å². The highest BCUT2D eigenvalue weighted by Crippen LogP contribution is 2.43. The number of hydrogen-bond donors (Lipinski definition) is 1. The summed E-state index contributed by atoms with van der Waals surface area (Å²) in [5, 5.41) is 11.4. The van der Waals surface area contributed by atoms with E-state index in [0.29, 0.717) is 47.3 Å². The third-order valence-corrected chi connectivity index (χ3v) is 6.85. The minimum absolute atomic E-state index is 0.00475. The largest absolute Gasteiger partial charge is 0.507 e. The first-order valence-electron chi connectivity index (χ1n) is 13.8. The number of hydrogen-bond acceptors (Lipinski definition) is 7. The Morgan fingerprint density at radius 3 is 2.35 bits per heavy atom. The van der Waals surface area contributed by atoms with Crippen LogP contribution in [0.2, 0.25) is 0 Å². The molecule has 3 aromatic rings. The van der Waals surface area contributed by atoms with Gasteiger partial charge >= 0.3 is 0 Å². The average Bonchev–Trinajstić information content (AvgIpc) is 3.58.